The van der Waals surface area contributed by atoms with Gasteiger partial charge >= 0.3 is 5.69 Å². The number of allylic oxidation sites excluding steroid dienone is 1. The Balaban J connectivity index is 1.74. The van der Waals surface area contributed by atoms with Crippen molar-refractivity contribution in [1.29, 1.82) is 0 Å². The van der Waals surface area contributed by atoms with Crippen LogP contribution in [0, 0.1) is 17.6 Å². The Morgan fingerprint density at radius 1 is 1.10 bits per heavy atom. The molecule has 0 saturated carbocycles. The lowest BCUT2D eigenvalue weighted by Crippen LogP contribution is -2.49. The molecule has 0 bridgehead atoms. The van der Waals surface area contributed by atoms with Crippen LogP contribution in [0.15, 0.2) is 64.4 Å². The first-order chi connectivity index (χ1) is 18.7. The molecule has 1 unspecified atom stereocenters. The molecular formula is C29H30F2N6O2. The first-order valence-electron chi connectivity index (χ1n) is 12.9. The van der Waals surface area contributed by atoms with E-state index in [0.29, 0.717) is 31.6 Å². The third-order valence-corrected chi connectivity index (χ3v) is 7.37. The molecule has 0 N–H and O–H groups in total. The molecule has 4 heterocycles. The lowest BCUT2D eigenvalue weighted by atomic mass is 9.90. The van der Waals surface area contributed by atoms with E-state index >= 15 is 4.39 Å². The summed E-state index contributed by atoms with van der Waals surface area (Å²) >= 11 is 0. The largest absolute Gasteiger partial charge is 0.352 e. The lowest BCUT2D eigenvalue weighted by molar-refractivity contribution is -0.126. The van der Waals surface area contributed by atoms with Gasteiger partial charge in [-0.15, -0.1) is 0 Å². The van der Waals surface area contributed by atoms with Crippen molar-refractivity contribution in [3.63, 3.8) is 0 Å². The third-order valence-electron chi connectivity index (χ3n) is 7.37. The van der Waals surface area contributed by atoms with Crippen molar-refractivity contribution in [1.82, 2.24) is 19.4 Å². The number of fused-ring (bicyclic) bond motifs is 1. The highest BCUT2D eigenvalue weighted by Crippen LogP contribution is 2.35. The van der Waals surface area contributed by atoms with E-state index in [9.17, 15) is 14.0 Å². The number of amides is 1. The Labute approximate surface area is 225 Å². The first-order valence-corrected chi connectivity index (χ1v) is 12.9. The molecule has 2 aliphatic rings. The summed E-state index contributed by atoms with van der Waals surface area (Å²) < 4.78 is 31.9. The molecule has 0 spiro atoms. The van der Waals surface area contributed by atoms with Crippen LogP contribution in [0.3, 0.4) is 0 Å². The lowest BCUT2D eigenvalue weighted by Gasteiger charge is -2.36. The molecule has 2 aliphatic heterocycles. The van der Waals surface area contributed by atoms with Gasteiger partial charge in [0.1, 0.15) is 28.8 Å². The molecule has 1 fully saturated rings. The van der Waals surface area contributed by atoms with Gasteiger partial charge in [-0.3, -0.25) is 14.4 Å². The van der Waals surface area contributed by atoms with E-state index in [2.05, 4.69) is 21.5 Å². The number of aliphatic imine (C=N–C) groups is 1. The van der Waals surface area contributed by atoms with Crippen LogP contribution in [0.1, 0.15) is 26.8 Å². The number of dihydropyridines is 1. The number of benzene rings is 1. The zero-order valence-corrected chi connectivity index (χ0v) is 22.1. The quantitative estimate of drug-likeness (QED) is 0.461. The van der Waals surface area contributed by atoms with E-state index in [-0.39, 0.29) is 40.6 Å². The van der Waals surface area contributed by atoms with Crippen molar-refractivity contribution < 1.29 is 13.6 Å². The zero-order chi connectivity index (χ0) is 27.8. The van der Waals surface area contributed by atoms with Gasteiger partial charge < -0.3 is 9.80 Å². The van der Waals surface area contributed by atoms with Gasteiger partial charge in [0, 0.05) is 38.0 Å². The number of carbonyl (C=O) groups excluding carboxylic acids is 1. The van der Waals surface area contributed by atoms with Crippen molar-refractivity contribution in [3.8, 4) is 11.3 Å². The summed E-state index contributed by atoms with van der Waals surface area (Å²) in [6.45, 7) is 11.1. The van der Waals surface area contributed by atoms with E-state index in [0.717, 1.165) is 5.57 Å². The summed E-state index contributed by atoms with van der Waals surface area (Å²) in [4.78, 5) is 43.0. The minimum Gasteiger partial charge on any atom is -0.352 e. The highest BCUT2D eigenvalue weighted by Gasteiger charge is 2.33. The van der Waals surface area contributed by atoms with E-state index in [1.807, 2.05) is 31.7 Å². The number of aromatic nitrogens is 3. The predicted molar refractivity (Wildman–Crippen MR) is 148 cm³/mol. The molecule has 2 aromatic heterocycles. The fraction of sp³-hybridized carbons (Fsp3) is 0.345. The smallest absolute Gasteiger partial charge is 0.351 e. The van der Waals surface area contributed by atoms with Crippen LogP contribution in [0.5, 0.6) is 0 Å². The van der Waals surface area contributed by atoms with Gasteiger partial charge in [0.05, 0.1) is 17.5 Å². The fourth-order valence-electron chi connectivity index (χ4n) is 5.33. The second-order valence-electron chi connectivity index (χ2n) is 10.2. The van der Waals surface area contributed by atoms with Gasteiger partial charge in [-0.25, -0.2) is 18.6 Å². The standard InChI is InChI=1S/C29H30F2N6O2/c1-5-23(38)35-12-14-36(15-13-35)27-20-16-22(31)25(19-8-6-7-9-21(19)30)33-28(20)37(29(39)34-27)26-18(4)10-11-32-24(26)17(2)3/h5-11,16-17,24,26H,1,12-15H2,2-4H3/t24-,26?/m0/s1. The molecule has 5 rings (SSSR count). The molecule has 0 radical (unpaired) electrons. The molecule has 8 nitrogen and oxygen atoms in total. The number of nitrogens with zero attached hydrogens (tertiary/aromatic N) is 6. The van der Waals surface area contributed by atoms with Crippen LogP contribution >= 0.6 is 0 Å². The molecule has 202 valence electrons. The average molecular weight is 533 g/mol. The predicted octanol–water partition coefficient (Wildman–Crippen LogP) is 4.17. The van der Waals surface area contributed by atoms with Crippen LogP contribution < -0.4 is 10.6 Å². The van der Waals surface area contributed by atoms with Gasteiger partial charge in [0.15, 0.2) is 0 Å². The molecule has 1 amide bonds. The summed E-state index contributed by atoms with van der Waals surface area (Å²) in [6.07, 6.45) is 4.84. The van der Waals surface area contributed by atoms with Crippen LogP contribution in [0.2, 0.25) is 0 Å². The van der Waals surface area contributed by atoms with E-state index in [4.69, 9.17) is 0 Å². The second-order valence-corrected chi connectivity index (χ2v) is 10.2. The van der Waals surface area contributed by atoms with E-state index < -0.39 is 23.4 Å². The number of pyridine rings is 1. The van der Waals surface area contributed by atoms with Crippen molar-refractivity contribution in [2.75, 3.05) is 31.1 Å². The van der Waals surface area contributed by atoms with E-state index in [1.54, 1.807) is 17.2 Å². The second kappa shape index (κ2) is 10.5. The topological polar surface area (TPSA) is 83.7 Å². The Kier molecular flexibility index (Phi) is 7.12. The van der Waals surface area contributed by atoms with Gasteiger partial charge in [-0.2, -0.15) is 4.98 Å². The van der Waals surface area contributed by atoms with Crippen molar-refractivity contribution >= 4 is 29.0 Å². The Bertz CT molecular complexity index is 1570. The summed E-state index contributed by atoms with van der Waals surface area (Å²) in [7, 11) is 0. The van der Waals surface area contributed by atoms with Crippen molar-refractivity contribution in [2.24, 2.45) is 10.9 Å². The van der Waals surface area contributed by atoms with E-state index in [1.165, 1.54) is 34.9 Å². The zero-order valence-electron chi connectivity index (χ0n) is 22.1. The number of carbonyl (C=O) groups is 1. The molecule has 3 aromatic rings. The number of piperazine rings is 1. The van der Waals surface area contributed by atoms with Gasteiger partial charge in [-0.05, 0) is 48.8 Å². The van der Waals surface area contributed by atoms with Gasteiger partial charge in [0.25, 0.3) is 0 Å². The molecule has 39 heavy (non-hydrogen) atoms. The Morgan fingerprint density at radius 2 is 1.82 bits per heavy atom. The number of rotatable bonds is 5. The summed E-state index contributed by atoms with van der Waals surface area (Å²) in [6, 6.07) is 6.33. The summed E-state index contributed by atoms with van der Waals surface area (Å²) in [5, 5.41) is 0.334. The van der Waals surface area contributed by atoms with Crippen molar-refractivity contribution in [3.05, 3.63) is 76.8 Å². The fourth-order valence-corrected chi connectivity index (χ4v) is 5.33. The minimum absolute atomic E-state index is 0.000140. The van der Waals surface area contributed by atoms with Crippen molar-refractivity contribution in [2.45, 2.75) is 32.9 Å². The molecule has 10 heteroatoms. The highest BCUT2D eigenvalue weighted by atomic mass is 19.1. The molecular weight excluding hydrogens is 502 g/mol. The number of anilines is 1. The monoisotopic (exact) mass is 532 g/mol. The Hall–Kier alpha value is -4.21. The highest BCUT2D eigenvalue weighted by molar-refractivity contribution is 5.90. The van der Waals surface area contributed by atoms with Crippen LogP contribution in [0.25, 0.3) is 22.3 Å². The SMILES string of the molecule is C=CC(=O)N1CCN(c2nc(=O)n(C3C(C)=CC=N[C@H]3C(C)C)c3nc(-c4ccccc4F)c(F)cc23)CC1. The first kappa shape index (κ1) is 26.4. The van der Waals surface area contributed by atoms with Crippen LogP contribution in [-0.4, -0.2) is 63.8 Å². The van der Waals surface area contributed by atoms with Gasteiger partial charge in [-0.1, -0.05) is 32.6 Å². The molecule has 1 saturated heterocycles. The molecule has 0 aliphatic carbocycles. The minimum atomic E-state index is -0.726. The maximum atomic E-state index is 15.6. The summed E-state index contributed by atoms with van der Waals surface area (Å²) in [5.74, 6) is -1.16. The Morgan fingerprint density at radius 3 is 2.49 bits per heavy atom. The summed E-state index contributed by atoms with van der Waals surface area (Å²) in [5.41, 5.74) is 0.349. The molecule has 2 atom stereocenters. The number of hydrogen-bond acceptors (Lipinski definition) is 6. The number of hydrogen-bond donors (Lipinski definition) is 0. The average Bonchev–Trinajstić information content (AvgIpc) is 2.93. The maximum Gasteiger partial charge on any atom is 0.351 e. The number of halogens is 2. The normalized spacial score (nSPS) is 19.5. The maximum absolute atomic E-state index is 15.6. The van der Waals surface area contributed by atoms with Crippen LogP contribution in [-0.2, 0) is 4.79 Å². The van der Waals surface area contributed by atoms with Gasteiger partial charge in [0.2, 0.25) is 5.91 Å². The third kappa shape index (κ3) is 4.75. The van der Waals surface area contributed by atoms with Crippen LogP contribution in [0.4, 0.5) is 14.6 Å². The molecule has 1 aromatic carbocycles.